The van der Waals surface area contributed by atoms with E-state index in [0.717, 1.165) is 10.2 Å². The summed E-state index contributed by atoms with van der Waals surface area (Å²) in [6.45, 7) is 2.68. The van der Waals surface area contributed by atoms with Crippen LogP contribution < -0.4 is 4.80 Å². The Labute approximate surface area is 141 Å². The molecule has 3 rings (SSSR count). The van der Waals surface area contributed by atoms with Crippen molar-refractivity contribution < 1.29 is 4.79 Å². The van der Waals surface area contributed by atoms with Crippen molar-refractivity contribution in [3.8, 4) is 0 Å². The molecule has 0 saturated carbocycles. The summed E-state index contributed by atoms with van der Waals surface area (Å²) in [5.74, 6) is -0.313. The van der Waals surface area contributed by atoms with Crippen molar-refractivity contribution in [2.45, 2.75) is 13.5 Å². The summed E-state index contributed by atoms with van der Waals surface area (Å²) in [6, 6.07) is 12.5. The quantitative estimate of drug-likeness (QED) is 0.655. The van der Waals surface area contributed by atoms with Gasteiger partial charge in [0, 0.05) is 17.1 Å². The molecule has 112 valence electrons. The number of aromatic nitrogens is 1. The molecule has 0 aliphatic heterocycles. The van der Waals surface area contributed by atoms with Crippen LogP contribution in [0.3, 0.4) is 0 Å². The fourth-order valence-electron chi connectivity index (χ4n) is 2.24. The van der Waals surface area contributed by atoms with Gasteiger partial charge in [-0.1, -0.05) is 46.7 Å². The van der Waals surface area contributed by atoms with E-state index in [-0.39, 0.29) is 5.91 Å². The summed E-state index contributed by atoms with van der Waals surface area (Å²) >= 11 is 13.6. The Bertz CT molecular complexity index is 927. The van der Waals surface area contributed by atoms with E-state index in [9.17, 15) is 4.79 Å². The predicted octanol–water partition coefficient (Wildman–Crippen LogP) is 4.77. The number of rotatable bonds is 2. The molecule has 0 spiro atoms. The van der Waals surface area contributed by atoms with E-state index in [1.807, 2.05) is 29.7 Å². The summed E-state index contributed by atoms with van der Waals surface area (Å²) in [5, 5.41) is 1.18. The highest BCUT2D eigenvalue weighted by molar-refractivity contribution is 7.16. The predicted molar refractivity (Wildman–Crippen MR) is 91.8 cm³/mol. The molecule has 1 aromatic heterocycles. The standard InChI is InChI=1S/C16H12Cl2N2OS/c1-2-20-14-12(18)7-4-8-13(14)22-16(20)19-15(21)10-5-3-6-11(17)9-10/h3-9H,2H2,1H3. The maximum absolute atomic E-state index is 12.3. The zero-order chi connectivity index (χ0) is 15.7. The highest BCUT2D eigenvalue weighted by atomic mass is 35.5. The fourth-order valence-corrected chi connectivity index (χ4v) is 3.88. The van der Waals surface area contributed by atoms with E-state index in [1.54, 1.807) is 24.3 Å². The SMILES string of the molecule is CCn1c(=NC(=O)c2cccc(Cl)c2)sc2cccc(Cl)c21. The van der Waals surface area contributed by atoms with Crippen LogP contribution in [0.1, 0.15) is 17.3 Å². The van der Waals surface area contributed by atoms with Crippen LogP contribution in [0, 0.1) is 0 Å². The minimum Gasteiger partial charge on any atom is -0.315 e. The monoisotopic (exact) mass is 350 g/mol. The van der Waals surface area contributed by atoms with Crippen LogP contribution in [-0.4, -0.2) is 10.5 Å². The van der Waals surface area contributed by atoms with Crippen molar-refractivity contribution in [2.75, 3.05) is 0 Å². The molecule has 0 saturated heterocycles. The van der Waals surface area contributed by atoms with E-state index < -0.39 is 0 Å². The van der Waals surface area contributed by atoms with E-state index >= 15 is 0 Å². The first kappa shape index (κ1) is 15.3. The van der Waals surface area contributed by atoms with Gasteiger partial charge in [0.05, 0.1) is 15.2 Å². The Morgan fingerprint density at radius 2 is 2.00 bits per heavy atom. The van der Waals surface area contributed by atoms with Crippen molar-refractivity contribution in [1.29, 1.82) is 0 Å². The molecule has 0 atom stereocenters. The molecule has 1 heterocycles. The number of para-hydroxylation sites is 1. The second-order valence-electron chi connectivity index (χ2n) is 4.64. The van der Waals surface area contributed by atoms with Gasteiger partial charge in [-0.2, -0.15) is 4.99 Å². The van der Waals surface area contributed by atoms with Gasteiger partial charge in [-0.3, -0.25) is 4.79 Å². The first-order valence-corrected chi connectivity index (χ1v) is 8.30. The Balaban J connectivity index is 2.17. The lowest BCUT2D eigenvalue weighted by molar-refractivity contribution is 0.0998. The van der Waals surface area contributed by atoms with Crippen LogP contribution in [0.2, 0.25) is 10.0 Å². The second-order valence-corrected chi connectivity index (χ2v) is 6.50. The highest BCUT2D eigenvalue weighted by Crippen LogP contribution is 2.25. The normalized spacial score (nSPS) is 12.0. The van der Waals surface area contributed by atoms with Crippen molar-refractivity contribution in [3.05, 3.63) is 62.9 Å². The molecule has 22 heavy (non-hydrogen) atoms. The topological polar surface area (TPSA) is 34.4 Å². The van der Waals surface area contributed by atoms with Gasteiger partial charge >= 0.3 is 0 Å². The number of halogens is 2. The Kier molecular flexibility index (Phi) is 4.34. The summed E-state index contributed by atoms with van der Waals surface area (Å²) in [7, 11) is 0. The van der Waals surface area contributed by atoms with E-state index in [4.69, 9.17) is 23.2 Å². The number of carbonyl (C=O) groups excluding carboxylic acids is 1. The molecule has 2 aromatic carbocycles. The minimum atomic E-state index is -0.313. The van der Waals surface area contributed by atoms with Gasteiger partial charge in [-0.05, 0) is 37.3 Å². The number of amides is 1. The number of thiazole rings is 1. The second kappa shape index (κ2) is 6.24. The van der Waals surface area contributed by atoms with Crippen LogP contribution in [0.4, 0.5) is 0 Å². The number of hydrogen-bond donors (Lipinski definition) is 0. The molecule has 3 nitrogen and oxygen atoms in total. The van der Waals surface area contributed by atoms with Crippen LogP contribution in [0.5, 0.6) is 0 Å². The number of fused-ring (bicyclic) bond motifs is 1. The molecule has 0 radical (unpaired) electrons. The zero-order valence-electron chi connectivity index (χ0n) is 11.7. The first-order chi connectivity index (χ1) is 10.6. The van der Waals surface area contributed by atoms with E-state index in [0.29, 0.717) is 27.0 Å². The molecule has 0 N–H and O–H groups in total. The first-order valence-electron chi connectivity index (χ1n) is 6.72. The lowest BCUT2D eigenvalue weighted by atomic mass is 10.2. The molecule has 0 aliphatic rings. The molecule has 6 heteroatoms. The summed E-state index contributed by atoms with van der Waals surface area (Å²) < 4.78 is 2.96. The number of hydrogen-bond acceptors (Lipinski definition) is 2. The molecular weight excluding hydrogens is 339 g/mol. The minimum absolute atomic E-state index is 0.313. The van der Waals surface area contributed by atoms with Gasteiger partial charge in [-0.15, -0.1) is 0 Å². The summed E-state index contributed by atoms with van der Waals surface area (Å²) in [6.07, 6.45) is 0. The molecular formula is C16H12Cl2N2OS. The van der Waals surface area contributed by atoms with Crippen LogP contribution in [-0.2, 0) is 6.54 Å². The molecule has 0 unspecified atom stereocenters. The van der Waals surface area contributed by atoms with Crippen LogP contribution >= 0.6 is 34.5 Å². The lowest BCUT2D eigenvalue weighted by Gasteiger charge is -2.02. The number of carbonyl (C=O) groups is 1. The third-order valence-electron chi connectivity index (χ3n) is 3.24. The number of nitrogens with zero attached hydrogens (tertiary/aromatic N) is 2. The Morgan fingerprint density at radius 1 is 1.23 bits per heavy atom. The average Bonchev–Trinajstić information content (AvgIpc) is 2.85. The van der Waals surface area contributed by atoms with E-state index in [1.165, 1.54) is 11.3 Å². The van der Waals surface area contributed by atoms with Gasteiger partial charge in [0.25, 0.3) is 5.91 Å². The highest BCUT2D eigenvalue weighted by Gasteiger charge is 2.10. The van der Waals surface area contributed by atoms with Crippen molar-refractivity contribution >= 4 is 50.7 Å². The number of benzene rings is 2. The zero-order valence-corrected chi connectivity index (χ0v) is 14.0. The average molecular weight is 351 g/mol. The lowest BCUT2D eigenvalue weighted by Crippen LogP contribution is -2.16. The maximum atomic E-state index is 12.3. The van der Waals surface area contributed by atoms with E-state index in [2.05, 4.69) is 4.99 Å². The molecule has 0 fully saturated rings. The third-order valence-corrected chi connectivity index (χ3v) is 4.82. The van der Waals surface area contributed by atoms with Crippen LogP contribution in [0.15, 0.2) is 47.5 Å². The molecule has 0 bridgehead atoms. The third kappa shape index (κ3) is 2.82. The Morgan fingerprint density at radius 3 is 2.73 bits per heavy atom. The summed E-state index contributed by atoms with van der Waals surface area (Å²) in [5.41, 5.74) is 1.38. The largest absolute Gasteiger partial charge is 0.315 e. The summed E-state index contributed by atoms with van der Waals surface area (Å²) in [4.78, 5) is 17.2. The van der Waals surface area contributed by atoms with Crippen LogP contribution in [0.25, 0.3) is 10.2 Å². The number of aryl methyl sites for hydroxylation is 1. The van der Waals surface area contributed by atoms with Crippen molar-refractivity contribution in [1.82, 2.24) is 4.57 Å². The van der Waals surface area contributed by atoms with Gasteiger partial charge in [0.1, 0.15) is 0 Å². The van der Waals surface area contributed by atoms with Gasteiger partial charge < -0.3 is 4.57 Å². The maximum Gasteiger partial charge on any atom is 0.279 e. The van der Waals surface area contributed by atoms with Crippen molar-refractivity contribution in [2.24, 2.45) is 4.99 Å². The molecule has 0 aliphatic carbocycles. The van der Waals surface area contributed by atoms with Crippen molar-refractivity contribution in [3.63, 3.8) is 0 Å². The molecule has 1 amide bonds. The van der Waals surface area contributed by atoms with Gasteiger partial charge in [0.2, 0.25) is 0 Å². The van der Waals surface area contributed by atoms with Gasteiger partial charge in [-0.25, -0.2) is 0 Å². The molecule has 3 aromatic rings. The smallest absolute Gasteiger partial charge is 0.279 e. The fraction of sp³-hybridized carbons (Fsp3) is 0.125. The van der Waals surface area contributed by atoms with Gasteiger partial charge in [0.15, 0.2) is 4.80 Å². The Hall–Kier alpha value is -1.62.